The number of ether oxygens (including phenoxy) is 4. The first-order chi connectivity index (χ1) is 26.9. The van der Waals surface area contributed by atoms with Crippen molar-refractivity contribution in [1.29, 1.82) is 0 Å². The van der Waals surface area contributed by atoms with Crippen molar-refractivity contribution < 1.29 is 76.3 Å². The number of unbranched alkanes of at least 4 members (excludes halogenated alkanes) is 1. The van der Waals surface area contributed by atoms with Crippen LogP contribution in [0.25, 0.3) is 0 Å². The van der Waals surface area contributed by atoms with E-state index in [1.54, 1.807) is 39.0 Å². The monoisotopic (exact) mass is 845 g/mol. The molecule has 328 valence electrons. The Balaban J connectivity index is 1.62. The smallest absolute Gasteiger partial charge is 0.335 e. The van der Waals surface area contributed by atoms with Gasteiger partial charge in [0.25, 0.3) is 10.1 Å². The standard InChI is InChI=1S/C38H59N3O16S/c1-7-38(5,6)18-27(42)40-25-17-24(21-54-14-15-58(51,52)53)41(33(25)47)19-28(43)39-13-9-8-10-22-11-12-23(20-55-36(50)37(2,3)4)26(16-22)56-35-31(46)29(44)30(45)32(57-35)34(48)49/h11-12,16,24-25,29-32,35,44-46H,7-10,13-15,17-21H2,1-6H3,(H,39,43)(H,40,42)(H,48,49)(H,51,52,53)/t24-,25-,29-,30-,31+,32-,35+/m0/s1. The molecule has 2 aliphatic rings. The van der Waals surface area contributed by atoms with Gasteiger partial charge >= 0.3 is 11.9 Å². The number of carbonyl (C=O) groups is 5. The van der Waals surface area contributed by atoms with Gasteiger partial charge in [0, 0.05) is 18.5 Å². The zero-order valence-corrected chi connectivity index (χ0v) is 34.7. The molecule has 3 rings (SSSR count). The number of carboxylic acids is 1. The fourth-order valence-corrected chi connectivity index (χ4v) is 6.39. The zero-order valence-electron chi connectivity index (χ0n) is 33.8. The number of aliphatic hydroxyl groups excluding tert-OH is 3. The Morgan fingerprint density at radius 1 is 1.00 bits per heavy atom. The number of nitrogens with one attached hydrogen (secondary N) is 2. The Bertz CT molecular complexity index is 1710. The Kier molecular flexibility index (Phi) is 17.4. The van der Waals surface area contributed by atoms with Crippen molar-refractivity contribution in [2.75, 3.05) is 32.1 Å². The molecular formula is C38H59N3O16S. The van der Waals surface area contributed by atoms with Crippen LogP contribution in [0.4, 0.5) is 0 Å². The Labute approximate surface area is 338 Å². The molecule has 2 heterocycles. The average molecular weight is 846 g/mol. The minimum Gasteiger partial charge on any atom is -0.479 e. The van der Waals surface area contributed by atoms with Crippen LogP contribution in [0, 0.1) is 10.8 Å². The van der Waals surface area contributed by atoms with Crippen LogP contribution in [0.1, 0.15) is 84.8 Å². The highest BCUT2D eigenvalue weighted by Crippen LogP contribution is 2.30. The van der Waals surface area contributed by atoms with Gasteiger partial charge in [-0.05, 0) is 63.5 Å². The molecule has 1 aromatic rings. The molecule has 2 saturated heterocycles. The lowest BCUT2D eigenvalue weighted by Crippen LogP contribution is -2.61. The maximum absolute atomic E-state index is 13.4. The van der Waals surface area contributed by atoms with Gasteiger partial charge in [0.2, 0.25) is 24.0 Å². The normalized spacial score (nSPS) is 24.0. The van der Waals surface area contributed by atoms with Crippen molar-refractivity contribution in [3.63, 3.8) is 0 Å². The summed E-state index contributed by atoms with van der Waals surface area (Å²) in [6.07, 6.45) is -6.69. The summed E-state index contributed by atoms with van der Waals surface area (Å²) in [5.74, 6) is -3.93. The third-order valence-electron chi connectivity index (χ3n) is 9.94. The van der Waals surface area contributed by atoms with Gasteiger partial charge in [0.05, 0.1) is 37.0 Å². The van der Waals surface area contributed by atoms with Crippen molar-refractivity contribution in [2.45, 2.75) is 129 Å². The number of hydrogen-bond donors (Lipinski definition) is 7. The second-order valence-electron chi connectivity index (χ2n) is 16.5. The lowest BCUT2D eigenvalue weighted by atomic mass is 9.86. The molecule has 3 amide bonds. The molecule has 1 aromatic carbocycles. The number of benzene rings is 1. The predicted octanol–water partition coefficient (Wildman–Crippen LogP) is 0.302. The van der Waals surface area contributed by atoms with E-state index in [1.165, 1.54) is 4.90 Å². The third kappa shape index (κ3) is 14.7. The van der Waals surface area contributed by atoms with Crippen molar-refractivity contribution in [3.05, 3.63) is 29.3 Å². The number of aryl methyl sites for hydroxylation is 1. The van der Waals surface area contributed by atoms with Crippen LogP contribution in [0.15, 0.2) is 18.2 Å². The minimum atomic E-state index is -4.27. The molecule has 19 nitrogen and oxygen atoms in total. The van der Waals surface area contributed by atoms with Crippen LogP contribution in [0.2, 0.25) is 0 Å². The molecule has 0 aliphatic carbocycles. The molecule has 2 fully saturated rings. The number of carboxylic acid groups (broad SMARTS) is 1. The summed E-state index contributed by atoms with van der Waals surface area (Å²) in [6.45, 7) is 10.0. The molecule has 2 aliphatic heterocycles. The maximum Gasteiger partial charge on any atom is 0.335 e. The Hall–Kier alpha value is -3.92. The van der Waals surface area contributed by atoms with Gasteiger partial charge in [-0.3, -0.25) is 23.7 Å². The van der Waals surface area contributed by atoms with Gasteiger partial charge in [-0.2, -0.15) is 8.42 Å². The van der Waals surface area contributed by atoms with Crippen molar-refractivity contribution in [3.8, 4) is 5.75 Å². The third-order valence-corrected chi connectivity index (χ3v) is 10.6. The topological polar surface area (TPSA) is 285 Å². The number of aliphatic carboxylic acids is 1. The summed E-state index contributed by atoms with van der Waals surface area (Å²) >= 11 is 0. The fourth-order valence-electron chi connectivity index (χ4n) is 6.06. The van der Waals surface area contributed by atoms with Crippen LogP contribution < -0.4 is 15.4 Å². The summed E-state index contributed by atoms with van der Waals surface area (Å²) in [5.41, 5.74) is -0.0410. The van der Waals surface area contributed by atoms with Crippen LogP contribution in [-0.4, -0.2) is 143 Å². The predicted molar refractivity (Wildman–Crippen MR) is 205 cm³/mol. The number of likely N-dealkylation sites (tertiary alicyclic amines) is 1. The van der Waals surface area contributed by atoms with E-state index in [4.69, 9.17) is 23.5 Å². The highest BCUT2D eigenvalue weighted by Gasteiger charge is 2.48. The van der Waals surface area contributed by atoms with E-state index in [1.807, 2.05) is 20.8 Å². The molecule has 58 heavy (non-hydrogen) atoms. The van der Waals surface area contributed by atoms with Crippen LogP contribution in [0.5, 0.6) is 5.75 Å². The molecule has 0 aromatic heterocycles. The lowest BCUT2D eigenvalue weighted by Gasteiger charge is -2.38. The van der Waals surface area contributed by atoms with Gasteiger partial charge < -0.3 is 54.9 Å². The van der Waals surface area contributed by atoms with E-state index >= 15 is 0 Å². The number of hydrogen-bond acceptors (Lipinski definition) is 14. The lowest BCUT2D eigenvalue weighted by molar-refractivity contribution is -0.271. The van der Waals surface area contributed by atoms with E-state index in [2.05, 4.69) is 10.6 Å². The van der Waals surface area contributed by atoms with Crippen molar-refractivity contribution >= 4 is 39.8 Å². The molecule has 20 heteroatoms. The number of amides is 3. The van der Waals surface area contributed by atoms with Gasteiger partial charge in [-0.25, -0.2) is 4.79 Å². The molecule has 7 N–H and O–H groups in total. The Morgan fingerprint density at radius 3 is 2.31 bits per heavy atom. The summed E-state index contributed by atoms with van der Waals surface area (Å²) in [6, 6.07) is 3.39. The molecule has 0 bridgehead atoms. The van der Waals surface area contributed by atoms with E-state index in [0.717, 1.165) is 6.42 Å². The van der Waals surface area contributed by atoms with E-state index < -0.39 is 87.8 Å². The van der Waals surface area contributed by atoms with Gasteiger partial charge in [0.1, 0.15) is 36.7 Å². The highest BCUT2D eigenvalue weighted by molar-refractivity contribution is 7.85. The second-order valence-corrected chi connectivity index (χ2v) is 18.0. The average Bonchev–Trinajstić information content (AvgIpc) is 3.40. The number of rotatable bonds is 21. The van der Waals surface area contributed by atoms with Crippen LogP contribution in [0.3, 0.4) is 0 Å². The molecule has 7 atom stereocenters. The van der Waals surface area contributed by atoms with Crippen molar-refractivity contribution in [1.82, 2.24) is 15.5 Å². The minimum absolute atomic E-state index is 0.0691. The van der Waals surface area contributed by atoms with Crippen molar-refractivity contribution in [2.24, 2.45) is 10.8 Å². The summed E-state index contributed by atoms with van der Waals surface area (Å²) in [4.78, 5) is 64.5. The summed E-state index contributed by atoms with van der Waals surface area (Å²) in [5, 5.41) is 45.9. The maximum atomic E-state index is 13.4. The summed E-state index contributed by atoms with van der Waals surface area (Å²) in [7, 11) is -4.27. The largest absolute Gasteiger partial charge is 0.479 e. The number of nitrogens with zero attached hydrogens (tertiary/aromatic N) is 1. The van der Waals surface area contributed by atoms with Gasteiger partial charge in [-0.1, -0.05) is 39.3 Å². The van der Waals surface area contributed by atoms with E-state index in [-0.39, 0.29) is 62.8 Å². The first-order valence-electron chi connectivity index (χ1n) is 19.2. The molecule has 0 radical (unpaired) electrons. The number of esters is 1. The van der Waals surface area contributed by atoms with Gasteiger partial charge in [0.15, 0.2) is 6.10 Å². The number of carbonyl (C=O) groups excluding carboxylic acids is 4. The molecular weight excluding hydrogens is 786 g/mol. The highest BCUT2D eigenvalue weighted by atomic mass is 32.2. The Morgan fingerprint density at radius 2 is 1.69 bits per heavy atom. The van der Waals surface area contributed by atoms with E-state index in [9.17, 15) is 52.8 Å². The number of aliphatic hydroxyl groups is 3. The summed E-state index contributed by atoms with van der Waals surface area (Å²) < 4.78 is 53.2. The molecule has 0 spiro atoms. The first kappa shape index (κ1) is 48.4. The quantitative estimate of drug-likeness (QED) is 0.0498. The van der Waals surface area contributed by atoms with E-state index in [0.29, 0.717) is 30.4 Å². The zero-order chi connectivity index (χ0) is 43.6. The molecule has 0 saturated carbocycles. The molecule has 0 unspecified atom stereocenters. The van der Waals surface area contributed by atoms with Crippen LogP contribution >= 0.6 is 0 Å². The second kappa shape index (κ2) is 20.9. The first-order valence-corrected chi connectivity index (χ1v) is 20.8. The van der Waals surface area contributed by atoms with Crippen LogP contribution in [-0.2, 0) is 61.3 Å². The fraction of sp³-hybridized carbons (Fsp3) is 0.711. The SMILES string of the molecule is CCC(C)(C)CC(=O)N[C@H]1C[C@@H](COCCS(=O)(=O)O)N(CC(=O)NCCCCc2ccc(COC(=O)C(C)(C)C)c(O[C@@H]3O[C@H](C(=O)O)[C@@H](O)[C@H](O)[C@H]3O)c2)C1=O. The van der Waals surface area contributed by atoms with Gasteiger partial charge in [-0.15, -0.1) is 0 Å².